The molecule has 0 radical (unpaired) electrons. The van der Waals surface area contributed by atoms with E-state index in [0.717, 1.165) is 5.56 Å². The lowest BCUT2D eigenvalue weighted by Crippen LogP contribution is -2.09. The van der Waals surface area contributed by atoms with Crippen LogP contribution in [0.4, 0.5) is 11.8 Å². The lowest BCUT2D eigenvalue weighted by atomic mass is 10.1. The second-order valence-electron chi connectivity index (χ2n) is 4.64. The van der Waals surface area contributed by atoms with E-state index in [9.17, 15) is 8.42 Å². The van der Waals surface area contributed by atoms with Gasteiger partial charge in [-0.15, -0.1) is 0 Å². The smallest absolute Gasteiger partial charge is 0.223 e. The van der Waals surface area contributed by atoms with Crippen LogP contribution in [0.2, 0.25) is 5.15 Å². The van der Waals surface area contributed by atoms with Gasteiger partial charge in [-0.25, -0.2) is 13.4 Å². The molecule has 0 saturated carbocycles. The monoisotopic (exact) mass is 326 g/mol. The van der Waals surface area contributed by atoms with Gasteiger partial charge in [-0.1, -0.05) is 23.7 Å². The molecular weight excluding hydrogens is 312 g/mol. The maximum Gasteiger partial charge on any atom is 0.223 e. The fourth-order valence-electron chi connectivity index (χ4n) is 1.82. The van der Waals surface area contributed by atoms with Crippen molar-refractivity contribution in [2.24, 2.45) is 0 Å². The van der Waals surface area contributed by atoms with Crippen molar-refractivity contribution in [1.29, 1.82) is 0 Å². The molecule has 1 atom stereocenters. The zero-order valence-corrected chi connectivity index (χ0v) is 13.1. The lowest BCUT2D eigenvalue weighted by molar-refractivity contribution is 0.602. The summed E-state index contributed by atoms with van der Waals surface area (Å²) in [5, 5.41) is 3.39. The quantitative estimate of drug-likeness (QED) is 0.836. The number of benzene rings is 1. The van der Waals surface area contributed by atoms with Crippen LogP contribution in [0.1, 0.15) is 18.5 Å². The van der Waals surface area contributed by atoms with E-state index in [-0.39, 0.29) is 22.0 Å². The van der Waals surface area contributed by atoms with Crippen molar-refractivity contribution in [2.75, 3.05) is 17.3 Å². The highest BCUT2D eigenvalue weighted by atomic mass is 35.5. The highest BCUT2D eigenvalue weighted by molar-refractivity contribution is 7.90. The number of aromatic nitrogens is 2. The molecule has 21 heavy (non-hydrogen) atoms. The van der Waals surface area contributed by atoms with Gasteiger partial charge in [-0.3, -0.25) is 0 Å². The molecule has 0 aliphatic rings. The van der Waals surface area contributed by atoms with Crippen molar-refractivity contribution < 1.29 is 8.42 Å². The Balaban J connectivity index is 2.18. The van der Waals surface area contributed by atoms with Gasteiger partial charge >= 0.3 is 0 Å². The van der Waals surface area contributed by atoms with Gasteiger partial charge in [0, 0.05) is 18.4 Å². The Bertz CT molecular complexity index is 727. The van der Waals surface area contributed by atoms with Crippen molar-refractivity contribution in [1.82, 2.24) is 9.97 Å². The molecule has 0 unspecified atom stereocenters. The van der Waals surface area contributed by atoms with Crippen LogP contribution in [0.3, 0.4) is 0 Å². The van der Waals surface area contributed by atoms with Gasteiger partial charge in [0.2, 0.25) is 5.95 Å². The van der Waals surface area contributed by atoms with Crippen LogP contribution in [-0.2, 0) is 9.84 Å². The summed E-state index contributed by atoms with van der Waals surface area (Å²) in [6.07, 6.45) is 1.18. The van der Waals surface area contributed by atoms with Crippen molar-refractivity contribution in [3.63, 3.8) is 0 Å². The van der Waals surface area contributed by atoms with E-state index in [1.807, 2.05) is 6.92 Å². The summed E-state index contributed by atoms with van der Waals surface area (Å²) in [5.74, 6) is 0.594. The molecule has 8 heteroatoms. The average Bonchev–Trinajstić information content (AvgIpc) is 2.36. The van der Waals surface area contributed by atoms with Gasteiger partial charge in [-0.05, 0) is 24.6 Å². The number of rotatable bonds is 4. The standard InChI is InChI=1S/C13H15ClN4O2S/c1-8(16-12-7-11(14)17-13(15)18-12)9-3-5-10(6-4-9)21(2,19)20/h3-8H,1-2H3,(H3,15,16,17,18)/t8-/m1/s1. The number of sulfone groups is 1. The summed E-state index contributed by atoms with van der Waals surface area (Å²) in [7, 11) is -3.19. The summed E-state index contributed by atoms with van der Waals surface area (Å²) >= 11 is 5.81. The second-order valence-corrected chi connectivity index (χ2v) is 7.04. The van der Waals surface area contributed by atoms with Gasteiger partial charge in [0.15, 0.2) is 9.84 Å². The van der Waals surface area contributed by atoms with Crippen LogP contribution < -0.4 is 11.1 Å². The fourth-order valence-corrected chi connectivity index (χ4v) is 2.64. The first-order valence-corrected chi connectivity index (χ1v) is 8.39. The van der Waals surface area contributed by atoms with Crippen LogP contribution in [0.25, 0.3) is 0 Å². The maximum absolute atomic E-state index is 11.4. The Morgan fingerprint density at radius 2 is 1.86 bits per heavy atom. The summed E-state index contributed by atoms with van der Waals surface area (Å²) in [6.45, 7) is 1.92. The number of nitrogen functional groups attached to an aromatic ring is 1. The summed E-state index contributed by atoms with van der Waals surface area (Å²) in [6, 6.07) is 8.12. The van der Waals surface area contributed by atoms with Crippen molar-refractivity contribution in [3.05, 3.63) is 41.0 Å². The molecule has 1 heterocycles. The molecular formula is C13H15ClN4O2S. The molecule has 0 fully saturated rings. The fraction of sp³-hybridized carbons (Fsp3) is 0.231. The summed E-state index contributed by atoms with van der Waals surface area (Å²) < 4.78 is 22.8. The molecule has 112 valence electrons. The van der Waals surface area contributed by atoms with E-state index >= 15 is 0 Å². The molecule has 0 bridgehead atoms. The normalized spacial score (nSPS) is 12.9. The summed E-state index contributed by atoms with van der Waals surface area (Å²) in [5.41, 5.74) is 6.44. The minimum atomic E-state index is -3.19. The Morgan fingerprint density at radius 3 is 2.38 bits per heavy atom. The van der Waals surface area contributed by atoms with Crippen LogP contribution in [0.5, 0.6) is 0 Å². The molecule has 0 spiro atoms. The van der Waals surface area contributed by atoms with Gasteiger partial charge in [0.05, 0.1) is 4.90 Å². The van der Waals surface area contributed by atoms with Crippen molar-refractivity contribution in [2.45, 2.75) is 17.9 Å². The molecule has 1 aromatic heterocycles. The maximum atomic E-state index is 11.4. The first-order chi connectivity index (χ1) is 9.75. The first kappa shape index (κ1) is 15.5. The van der Waals surface area contributed by atoms with Crippen molar-refractivity contribution in [3.8, 4) is 0 Å². The predicted molar refractivity (Wildman–Crippen MR) is 83.0 cm³/mol. The number of hydrogen-bond donors (Lipinski definition) is 2. The number of nitrogens with two attached hydrogens (primary N) is 1. The third-order valence-electron chi connectivity index (χ3n) is 2.88. The zero-order chi connectivity index (χ0) is 15.6. The SMILES string of the molecule is C[C@@H](Nc1cc(Cl)nc(N)n1)c1ccc(S(C)(=O)=O)cc1. The van der Waals surface area contributed by atoms with Crippen molar-refractivity contribution >= 4 is 33.2 Å². The average molecular weight is 327 g/mol. The minimum Gasteiger partial charge on any atom is -0.368 e. The molecule has 0 amide bonds. The Kier molecular flexibility index (Phi) is 4.34. The molecule has 2 rings (SSSR count). The molecule has 1 aromatic carbocycles. The molecule has 2 aromatic rings. The number of anilines is 2. The van der Waals surface area contributed by atoms with Gasteiger partial charge < -0.3 is 11.1 Å². The molecule has 0 aliphatic carbocycles. The zero-order valence-electron chi connectivity index (χ0n) is 11.5. The topological polar surface area (TPSA) is 98.0 Å². The van der Waals surface area contributed by atoms with Crippen LogP contribution in [0, 0.1) is 0 Å². The third-order valence-corrected chi connectivity index (χ3v) is 4.21. The third kappa shape index (κ3) is 4.05. The Morgan fingerprint density at radius 1 is 1.24 bits per heavy atom. The minimum absolute atomic E-state index is 0.0876. The van der Waals surface area contributed by atoms with E-state index in [2.05, 4.69) is 15.3 Å². The largest absolute Gasteiger partial charge is 0.368 e. The first-order valence-electron chi connectivity index (χ1n) is 6.12. The Hall–Kier alpha value is -1.86. The number of nitrogens with one attached hydrogen (secondary N) is 1. The second kappa shape index (κ2) is 5.87. The highest BCUT2D eigenvalue weighted by Gasteiger charge is 2.10. The Labute approximate surface area is 128 Å². The van der Waals surface area contributed by atoms with E-state index in [1.165, 1.54) is 6.26 Å². The number of hydrogen-bond acceptors (Lipinski definition) is 6. The molecule has 3 N–H and O–H groups in total. The van der Waals surface area contributed by atoms with Gasteiger partial charge in [-0.2, -0.15) is 4.98 Å². The van der Waals surface area contributed by atoms with Crippen LogP contribution in [-0.4, -0.2) is 24.6 Å². The van der Waals surface area contributed by atoms with Crippen LogP contribution >= 0.6 is 11.6 Å². The van der Waals surface area contributed by atoms with E-state index < -0.39 is 9.84 Å². The van der Waals surface area contributed by atoms with Gasteiger partial charge in [0.25, 0.3) is 0 Å². The van der Waals surface area contributed by atoms with E-state index in [0.29, 0.717) is 5.82 Å². The lowest BCUT2D eigenvalue weighted by Gasteiger charge is -2.15. The number of nitrogens with zero attached hydrogens (tertiary/aromatic N) is 2. The number of halogens is 1. The predicted octanol–water partition coefficient (Wildman–Crippen LogP) is 2.29. The highest BCUT2D eigenvalue weighted by Crippen LogP contribution is 2.21. The van der Waals surface area contributed by atoms with Gasteiger partial charge in [0.1, 0.15) is 11.0 Å². The molecule has 6 nitrogen and oxygen atoms in total. The summed E-state index contributed by atoms with van der Waals surface area (Å²) in [4.78, 5) is 8.09. The molecule has 0 saturated heterocycles. The van der Waals surface area contributed by atoms with Crippen LogP contribution in [0.15, 0.2) is 35.2 Å². The van der Waals surface area contributed by atoms with E-state index in [1.54, 1.807) is 30.3 Å². The molecule has 0 aliphatic heterocycles. The van der Waals surface area contributed by atoms with E-state index in [4.69, 9.17) is 17.3 Å².